The number of rotatable bonds is 3. The second kappa shape index (κ2) is 4.48. The lowest BCUT2D eigenvalue weighted by Gasteiger charge is -2.08. The molecule has 1 aromatic heterocycles. The van der Waals surface area contributed by atoms with Gasteiger partial charge in [0, 0.05) is 17.4 Å². The molecule has 0 unspecified atom stereocenters. The first-order valence-corrected chi connectivity index (χ1v) is 6.68. The Bertz CT molecular complexity index is 623. The predicted octanol–water partition coefficient (Wildman–Crippen LogP) is 1.23. The second-order valence-corrected chi connectivity index (χ2v) is 5.47. The first-order chi connectivity index (χ1) is 7.97. The number of benzene rings is 1. The molecule has 0 fully saturated rings. The summed E-state index contributed by atoms with van der Waals surface area (Å²) in [5.41, 5.74) is 0.556. The fourth-order valence-corrected chi connectivity index (χ4v) is 2.52. The van der Waals surface area contributed by atoms with Crippen LogP contribution in [0.1, 0.15) is 5.56 Å². The zero-order valence-electron chi connectivity index (χ0n) is 8.75. The van der Waals surface area contributed by atoms with Gasteiger partial charge in [0.25, 0.3) is 0 Å². The number of primary sulfonamides is 1. The first kappa shape index (κ1) is 12.1. The van der Waals surface area contributed by atoms with E-state index in [-0.39, 0.29) is 4.90 Å². The molecule has 7 heteroatoms. The van der Waals surface area contributed by atoms with Crippen molar-refractivity contribution in [1.29, 1.82) is 0 Å². The van der Waals surface area contributed by atoms with E-state index in [0.717, 1.165) is 0 Å². The summed E-state index contributed by atoms with van der Waals surface area (Å²) in [7, 11) is -3.78. The van der Waals surface area contributed by atoms with Crippen LogP contribution in [0.25, 0.3) is 0 Å². The molecular weight excluding hydrogens is 262 g/mol. The summed E-state index contributed by atoms with van der Waals surface area (Å²) < 4.78 is 24.5. The van der Waals surface area contributed by atoms with Crippen LogP contribution in [0, 0.1) is 0 Å². The third-order valence-electron chi connectivity index (χ3n) is 2.23. The summed E-state index contributed by atoms with van der Waals surface area (Å²) in [6, 6.07) is 6.35. The lowest BCUT2D eigenvalue weighted by Crippen LogP contribution is -2.16. The Kier molecular flexibility index (Phi) is 3.19. The molecular formula is C10H10ClN3O2S. The maximum absolute atomic E-state index is 11.4. The summed E-state index contributed by atoms with van der Waals surface area (Å²) in [6.45, 7) is 0.329. The number of hydrogen-bond acceptors (Lipinski definition) is 3. The molecule has 0 bridgehead atoms. The molecule has 2 N–H and O–H groups in total. The minimum atomic E-state index is -3.78. The van der Waals surface area contributed by atoms with Gasteiger partial charge in [-0.05, 0) is 23.8 Å². The van der Waals surface area contributed by atoms with Gasteiger partial charge >= 0.3 is 0 Å². The van der Waals surface area contributed by atoms with Gasteiger partial charge in [0.05, 0.1) is 11.4 Å². The normalized spacial score (nSPS) is 11.6. The summed E-state index contributed by atoms with van der Waals surface area (Å²) in [6.07, 6.45) is 3.36. The monoisotopic (exact) mass is 271 g/mol. The van der Waals surface area contributed by atoms with E-state index in [2.05, 4.69) is 5.10 Å². The smallest absolute Gasteiger partial charge is 0.238 e. The van der Waals surface area contributed by atoms with Crippen LogP contribution in [0.4, 0.5) is 0 Å². The van der Waals surface area contributed by atoms with Gasteiger partial charge < -0.3 is 0 Å². The minimum absolute atomic E-state index is 0.0282. The zero-order valence-corrected chi connectivity index (χ0v) is 10.3. The molecule has 2 rings (SSSR count). The van der Waals surface area contributed by atoms with Gasteiger partial charge in [-0.3, -0.25) is 4.68 Å². The van der Waals surface area contributed by atoms with E-state index in [1.807, 2.05) is 0 Å². The molecule has 0 aliphatic heterocycles. The predicted molar refractivity (Wildman–Crippen MR) is 64.2 cm³/mol. The van der Waals surface area contributed by atoms with Crippen molar-refractivity contribution >= 4 is 21.6 Å². The van der Waals surface area contributed by atoms with E-state index in [0.29, 0.717) is 17.1 Å². The van der Waals surface area contributed by atoms with E-state index in [9.17, 15) is 8.42 Å². The van der Waals surface area contributed by atoms with Crippen LogP contribution >= 0.6 is 11.6 Å². The van der Waals surface area contributed by atoms with E-state index in [4.69, 9.17) is 16.7 Å². The third-order valence-corrected chi connectivity index (χ3v) is 3.46. The fraction of sp³-hybridized carbons (Fsp3) is 0.100. The Morgan fingerprint density at radius 2 is 2.18 bits per heavy atom. The van der Waals surface area contributed by atoms with Gasteiger partial charge in [0.2, 0.25) is 10.0 Å². The van der Waals surface area contributed by atoms with Crippen LogP contribution in [0.2, 0.25) is 5.02 Å². The number of hydrogen-bond donors (Lipinski definition) is 1. The molecule has 5 nitrogen and oxygen atoms in total. The van der Waals surface area contributed by atoms with E-state index in [1.54, 1.807) is 35.3 Å². The van der Waals surface area contributed by atoms with Crippen LogP contribution < -0.4 is 5.14 Å². The molecule has 0 radical (unpaired) electrons. The number of sulfonamides is 1. The van der Waals surface area contributed by atoms with Gasteiger partial charge in [0.1, 0.15) is 0 Å². The maximum Gasteiger partial charge on any atom is 0.238 e. The van der Waals surface area contributed by atoms with E-state index >= 15 is 0 Å². The molecule has 0 saturated heterocycles. The highest BCUT2D eigenvalue weighted by Gasteiger charge is 2.14. The van der Waals surface area contributed by atoms with Crippen LogP contribution in [0.15, 0.2) is 41.6 Å². The summed E-state index contributed by atoms with van der Waals surface area (Å²) in [5, 5.41) is 9.48. The Morgan fingerprint density at radius 1 is 1.41 bits per heavy atom. The van der Waals surface area contributed by atoms with Gasteiger partial charge in [-0.15, -0.1) is 0 Å². The van der Waals surface area contributed by atoms with Crippen molar-refractivity contribution in [3.8, 4) is 0 Å². The van der Waals surface area contributed by atoms with Crippen molar-refractivity contribution in [3.63, 3.8) is 0 Å². The van der Waals surface area contributed by atoms with Gasteiger partial charge in [-0.2, -0.15) is 5.10 Å². The molecule has 1 aromatic carbocycles. The largest absolute Gasteiger partial charge is 0.268 e. The second-order valence-electron chi connectivity index (χ2n) is 3.50. The fourth-order valence-electron chi connectivity index (χ4n) is 1.49. The number of nitrogens with two attached hydrogens (primary N) is 1. The average molecular weight is 272 g/mol. The highest BCUT2D eigenvalue weighted by Crippen LogP contribution is 2.20. The van der Waals surface area contributed by atoms with Crippen LogP contribution in [0.3, 0.4) is 0 Å². The van der Waals surface area contributed by atoms with E-state index in [1.165, 1.54) is 6.07 Å². The molecule has 0 atom stereocenters. The van der Waals surface area contributed by atoms with Crippen LogP contribution in [-0.2, 0) is 16.6 Å². The summed E-state index contributed by atoms with van der Waals surface area (Å²) in [5.74, 6) is 0. The van der Waals surface area contributed by atoms with Crippen molar-refractivity contribution < 1.29 is 8.42 Å². The molecule has 2 aromatic rings. The first-order valence-electron chi connectivity index (χ1n) is 4.75. The number of halogens is 1. The molecule has 0 saturated carbocycles. The van der Waals surface area contributed by atoms with Gasteiger partial charge in [-0.25, -0.2) is 13.6 Å². The topological polar surface area (TPSA) is 78.0 Å². The summed E-state index contributed by atoms with van der Waals surface area (Å²) in [4.78, 5) is 0.0282. The Hall–Kier alpha value is -1.37. The van der Waals surface area contributed by atoms with Crippen molar-refractivity contribution in [2.45, 2.75) is 11.4 Å². The summed E-state index contributed by atoms with van der Waals surface area (Å²) >= 11 is 5.76. The molecule has 17 heavy (non-hydrogen) atoms. The van der Waals surface area contributed by atoms with E-state index < -0.39 is 10.0 Å². The zero-order chi connectivity index (χ0) is 12.5. The third kappa shape index (κ3) is 2.85. The minimum Gasteiger partial charge on any atom is -0.268 e. The molecule has 0 amide bonds. The van der Waals surface area contributed by atoms with Crippen molar-refractivity contribution in [3.05, 3.63) is 47.2 Å². The van der Waals surface area contributed by atoms with Crippen LogP contribution in [-0.4, -0.2) is 18.2 Å². The standard InChI is InChI=1S/C10H10ClN3O2S/c11-9-3-2-8(7-14-5-1-4-13-14)10(6-9)17(12,15)16/h1-6H,7H2,(H2,12,15,16). The molecule has 1 heterocycles. The van der Waals surface area contributed by atoms with Gasteiger partial charge in [-0.1, -0.05) is 17.7 Å². The number of nitrogens with zero attached hydrogens (tertiary/aromatic N) is 2. The SMILES string of the molecule is NS(=O)(=O)c1cc(Cl)ccc1Cn1cccn1. The molecule has 0 aliphatic rings. The van der Waals surface area contributed by atoms with Crippen LogP contribution in [0.5, 0.6) is 0 Å². The lowest BCUT2D eigenvalue weighted by molar-refractivity contribution is 0.594. The van der Waals surface area contributed by atoms with Crippen molar-refractivity contribution in [2.75, 3.05) is 0 Å². The number of aromatic nitrogens is 2. The highest BCUT2D eigenvalue weighted by molar-refractivity contribution is 7.89. The Balaban J connectivity index is 2.47. The lowest BCUT2D eigenvalue weighted by atomic mass is 10.2. The molecule has 90 valence electrons. The van der Waals surface area contributed by atoms with Gasteiger partial charge in [0.15, 0.2) is 0 Å². The molecule has 0 aliphatic carbocycles. The highest BCUT2D eigenvalue weighted by atomic mass is 35.5. The quantitative estimate of drug-likeness (QED) is 0.912. The Labute approximate surface area is 104 Å². The van der Waals surface area contributed by atoms with Crippen molar-refractivity contribution in [2.24, 2.45) is 5.14 Å². The van der Waals surface area contributed by atoms with Crippen molar-refractivity contribution in [1.82, 2.24) is 9.78 Å². The maximum atomic E-state index is 11.4. The average Bonchev–Trinajstić information content (AvgIpc) is 2.72. The molecule has 0 spiro atoms. The Morgan fingerprint density at radius 3 is 2.76 bits per heavy atom.